The molecule has 0 amide bonds. The van der Waals surface area contributed by atoms with Gasteiger partial charge in [0.25, 0.3) is 0 Å². The van der Waals surface area contributed by atoms with Crippen molar-refractivity contribution in [3.05, 3.63) is 41.6 Å². The predicted octanol–water partition coefficient (Wildman–Crippen LogP) is 3.39. The fourth-order valence-corrected chi connectivity index (χ4v) is 2.33. The zero-order chi connectivity index (χ0) is 13.8. The van der Waals surface area contributed by atoms with Gasteiger partial charge in [0.05, 0.1) is 11.6 Å². The van der Waals surface area contributed by atoms with Crippen molar-refractivity contribution in [2.75, 3.05) is 7.11 Å². The van der Waals surface area contributed by atoms with E-state index in [0.717, 1.165) is 35.0 Å². The first kappa shape index (κ1) is 14.0. The van der Waals surface area contributed by atoms with Gasteiger partial charge < -0.3 is 9.84 Å². The molecule has 19 heavy (non-hydrogen) atoms. The Bertz CT molecular complexity index is 553. The maximum absolute atomic E-state index is 10.4. The Labute approximate surface area is 114 Å². The number of rotatable bonds is 5. The van der Waals surface area contributed by atoms with E-state index in [1.54, 1.807) is 7.11 Å². The Morgan fingerprint density at radius 2 is 2.05 bits per heavy atom. The Hall–Kier alpha value is -1.45. The minimum atomic E-state index is -0.587. The fraction of sp³-hybridized carbons (Fsp3) is 0.438. The van der Waals surface area contributed by atoms with E-state index in [1.165, 1.54) is 0 Å². The summed E-state index contributed by atoms with van der Waals surface area (Å²) in [5.74, 6) is 0. The van der Waals surface area contributed by atoms with Crippen molar-refractivity contribution in [2.24, 2.45) is 0 Å². The van der Waals surface area contributed by atoms with Gasteiger partial charge in [0.2, 0.25) is 0 Å². The van der Waals surface area contributed by atoms with Crippen LogP contribution in [0.3, 0.4) is 0 Å². The van der Waals surface area contributed by atoms with Crippen LogP contribution in [0.15, 0.2) is 30.3 Å². The molecule has 2 rings (SSSR count). The van der Waals surface area contributed by atoms with Gasteiger partial charge in [0.15, 0.2) is 0 Å². The number of nitrogens with zero attached hydrogens (tertiary/aromatic N) is 1. The average Bonchev–Trinajstić information content (AvgIpc) is 2.43. The first-order valence-electron chi connectivity index (χ1n) is 6.74. The van der Waals surface area contributed by atoms with Gasteiger partial charge in [-0.05, 0) is 37.1 Å². The van der Waals surface area contributed by atoms with E-state index in [4.69, 9.17) is 4.74 Å². The number of fused-ring (bicyclic) bond motifs is 1. The maximum Gasteiger partial charge on any atom is 0.105 e. The molecule has 1 aromatic carbocycles. The third-order valence-electron chi connectivity index (χ3n) is 3.42. The van der Waals surface area contributed by atoms with Gasteiger partial charge in [-0.2, -0.15) is 0 Å². The smallest absolute Gasteiger partial charge is 0.105 e. The van der Waals surface area contributed by atoms with Crippen molar-refractivity contribution in [1.29, 1.82) is 0 Å². The fourth-order valence-electron chi connectivity index (χ4n) is 2.33. The molecule has 2 unspecified atom stereocenters. The third kappa shape index (κ3) is 3.11. The molecule has 3 heteroatoms. The lowest BCUT2D eigenvalue weighted by Crippen LogP contribution is -2.20. The zero-order valence-electron chi connectivity index (χ0n) is 11.8. The normalized spacial score (nSPS) is 14.5. The van der Waals surface area contributed by atoms with Crippen molar-refractivity contribution in [2.45, 2.75) is 38.9 Å². The van der Waals surface area contributed by atoms with E-state index in [2.05, 4.69) is 11.9 Å². The van der Waals surface area contributed by atoms with Crippen molar-refractivity contribution < 1.29 is 9.84 Å². The summed E-state index contributed by atoms with van der Waals surface area (Å²) in [7, 11) is 1.65. The summed E-state index contributed by atoms with van der Waals surface area (Å²) in [6, 6.07) is 9.91. The van der Waals surface area contributed by atoms with Crippen LogP contribution in [0, 0.1) is 6.92 Å². The van der Waals surface area contributed by atoms with E-state index < -0.39 is 6.10 Å². The van der Waals surface area contributed by atoms with Gasteiger partial charge in [-0.1, -0.05) is 25.5 Å². The first-order valence-corrected chi connectivity index (χ1v) is 6.74. The molecule has 0 aliphatic carbocycles. The third-order valence-corrected chi connectivity index (χ3v) is 3.42. The second kappa shape index (κ2) is 6.13. The molecular formula is C16H21NO2. The highest BCUT2D eigenvalue weighted by Crippen LogP contribution is 2.25. The molecule has 102 valence electrons. The molecule has 0 saturated heterocycles. The number of pyridine rings is 1. The summed E-state index contributed by atoms with van der Waals surface area (Å²) in [5.41, 5.74) is 2.85. The summed E-state index contributed by atoms with van der Waals surface area (Å²) < 4.78 is 5.37. The van der Waals surface area contributed by atoms with Crippen LogP contribution in [0.25, 0.3) is 10.9 Å². The first-order chi connectivity index (χ1) is 9.15. The van der Waals surface area contributed by atoms with E-state index in [1.807, 2.05) is 37.3 Å². The number of aliphatic hydroxyl groups is 1. The lowest BCUT2D eigenvalue weighted by Gasteiger charge is -2.21. The second-order valence-corrected chi connectivity index (χ2v) is 4.91. The summed E-state index contributed by atoms with van der Waals surface area (Å²) >= 11 is 0. The van der Waals surface area contributed by atoms with Crippen LogP contribution < -0.4 is 0 Å². The van der Waals surface area contributed by atoms with Crippen molar-refractivity contribution in [3.63, 3.8) is 0 Å². The minimum Gasteiger partial charge on any atom is -0.386 e. The molecule has 0 spiro atoms. The number of methoxy groups -OCH3 is 1. The highest BCUT2D eigenvalue weighted by atomic mass is 16.5. The molecule has 0 radical (unpaired) electrons. The van der Waals surface area contributed by atoms with Gasteiger partial charge in [-0.25, -0.2) is 0 Å². The monoisotopic (exact) mass is 259 g/mol. The number of aromatic nitrogens is 1. The number of aryl methyl sites for hydroxylation is 1. The van der Waals surface area contributed by atoms with Gasteiger partial charge in [0.1, 0.15) is 6.10 Å². The largest absolute Gasteiger partial charge is 0.386 e. The topological polar surface area (TPSA) is 42.4 Å². The molecule has 3 nitrogen and oxygen atoms in total. The average molecular weight is 259 g/mol. The summed E-state index contributed by atoms with van der Waals surface area (Å²) in [6.07, 6.45) is 1.10. The molecular weight excluding hydrogens is 238 g/mol. The van der Waals surface area contributed by atoms with Crippen molar-refractivity contribution in [1.82, 2.24) is 4.98 Å². The lowest BCUT2D eigenvalue weighted by atomic mass is 9.99. The lowest BCUT2D eigenvalue weighted by molar-refractivity contribution is -0.0179. The maximum atomic E-state index is 10.4. The summed E-state index contributed by atoms with van der Waals surface area (Å²) in [4.78, 5) is 4.46. The molecule has 0 bridgehead atoms. The molecule has 2 aromatic rings. The van der Waals surface area contributed by atoms with Crippen LogP contribution in [-0.4, -0.2) is 23.3 Å². The number of ether oxygens (including phenoxy) is 1. The van der Waals surface area contributed by atoms with Gasteiger partial charge in [-0.15, -0.1) is 0 Å². The molecule has 1 heterocycles. The quantitative estimate of drug-likeness (QED) is 0.895. The number of hydrogen-bond acceptors (Lipinski definition) is 3. The van der Waals surface area contributed by atoms with Crippen molar-refractivity contribution in [3.8, 4) is 0 Å². The summed E-state index contributed by atoms with van der Waals surface area (Å²) in [5, 5.41) is 11.4. The Morgan fingerprint density at radius 3 is 2.74 bits per heavy atom. The standard InChI is InChI=1S/C16H21NO2/c1-4-5-15(19-3)16(18)13-8-9-14-12(10-13)7-6-11(2)17-14/h6-10,15-16,18H,4-5H2,1-3H3. The van der Waals surface area contributed by atoms with Crippen molar-refractivity contribution >= 4 is 10.9 Å². The Balaban J connectivity index is 2.32. The minimum absolute atomic E-state index is 0.152. The number of aliphatic hydroxyl groups excluding tert-OH is 1. The molecule has 1 aromatic heterocycles. The van der Waals surface area contributed by atoms with E-state index in [0.29, 0.717) is 0 Å². The summed E-state index contributed by atoms with van der Waals surface area (Å²) in [6.45, 7) is 4.07. The zero-order valence-corrected chi connectivity index (χ0v) is 11.8. The number of benzene rings is 1. The van der Waals surface area contributed by atoms with E-state index >= 15 is 0 Å². The van der Waals surface area contributed by atoms with Crippen LogP contribution in [0.1, 0.15) is 37.1 Å². The Morgan fingerprint density at radius 1 is 1.26 bits per heavy atom. The van der Waals surface area contributed by atoms with E-state index in [-0.39, 0.29) is 6.10 Å². The molecule has 0 aliphatic rings. The predicted molar refractivity (Wildman–Crippen MR) is 77.1 cm³/mol. The molecule has 1 N–H and O–H groups in total. The van der Waals surface area contributed by atoms with Gasteiger partial charge in [0, 0.05) is 18.2 Å². The molecule has 0 saturated carbocycles. The van der Waals surface area contributed by atoms with E-state index in [9.17, 15) is 5.11 Å². The number of hydrogen-bond donors (Lipinski definition) is 1. The van der Waals surface area contributed by atoms with Gasteiger partial charge in [-0.3, -0.25) is 4.98 Å². The molecule has 0 fully saturated rings. The molecule has 0 aliphatic heterocycles. The van der Waals surface area contributed by atoms with Crippen LogP contribution >= 0.6 is 0 Å². The highest BCUT2D eigenvalue weighted by molar-refractivity contribution is 5.79. The highest BCUT2D eigenvalue weighted by Gasteiger charge is 2.19. The Kier molecular flexibility index (Phi) is 4.51. The van der Waals surface area contributed by atoms with Crippen LogP contribution in [0.4, 0.5) is 0 Å². The van der Waals surface area contributed by atoms with Gasteiger partial charge >= 0.3 is 0 Å². The SMILES string of the molecule is CCCC(OC)C(O)c1ccc2nc(C)ccc2c1. The van der Waals surface area contributed by atoms with Crippen LogP contribution in [-0.2, 0) is 4.74 Å². The van der Waals surface area contributed by atoms with Crippen LogP contribution in [0.5, 0.6) is 0 Å². The van der Waals surface area contributed by atoms with Crippen LogP contribution in [0.2, 0.25) is 0 Å². The molecule has 2 atom stereocenters. The second-order valence-electron chi connectivity index (χ2n) is 4.91.